The first-order chi connectivity index (χ1) is 9.61. The highest BCUT2D eigenvalue weighted by atomic mass is 32.1. The fraction of sp³-hybridized carbons (Fsp3) is 0.308. The normalized spacial score (nSPS) is 10.4. The summed E-state index contributed by atoms with van der Waals surface area (Å²) in [5.41, 5.74) is 0.379. The maximum absolute atomic E-state index is 12.0. The van der Waals surface area contributed by atoms with Gasteiger partial charge in [-0.2, -0.15) is 5.10 Å². The van der Waals surface area contributed by atoms with Crippen molar-refractivity contribution in [3.63, 3.8) is 0 Å². The number of anilines is 1. The predicted molar refractivity (Wildman–Crippen MR) is 78.1 cm³/mol. The van der Waals surface area contributed by atoms with Crippen molar-refractivity contribution < 1.29 is 9.90 Å². The molecule has 3 N–H and O–H groups in total. The van der Waals surface area contributed by atoms with Crippen LogP contribution in [0.15, 0.2) is 24.3 Å². The van der Waals surface area contributed by atoms with Crippen LogP contribution in [0, 0.1) is 4.77 Å². The fourth-order valence-corrected chi connectivity index (χ4v) is 2.06. The van der Waals surface area contributed by atoms with Crippen LogP contribution in [0.3, 0.4) is 0 Å². The van der Waals surface area contributed by atoms with Crippen LogP contribution in [0.1, 0.15) is 19.2 Å². The topological polar surface area (TPSA) is 82.9 Å². The summed E-state index contributed by atoms with van der Waals surface area (Å²) < 4.78 is 2.08. The highest BCUT2D eigenvalue weighted by Crippen LogP contribution is 2.21. The minimum Gasteiger partial charge on any atom is -0.506 e. The Morgan fingerprint density at radius 3 is 2.95 bits per heavy atom. The molecule has 2 aromatic rings. The second kappa shape index (κ2) is 6.33. The number of amides is 1. The van der Waals surface area contributed by atoms with Gasteiger partial charge in [0.2, 0.25) is 5.91 Å². The van der Waals surface area contributed by atoms with E-state index in [2.05, 4.69) is 15.5 Å². The quantitative estimate of drug-likeness (QED) is 0.583. The van der Waals surface area contributed by atoms with Gasteiger partial charge in [-0.25, -0.2) is 0 Å². The molecule has 0 fully saturated rings. The molecule has 0 bridgehead atoms. The highest BCUT2D eigenvalue weighted by Gasteiger charge is 2.11. The first kappa shape index (κ1) is 14.3. The third-order valence-electron chi connectivity index (χ3n) is 2.79. The second-order valence-corrected chi connectivity index (χ2v) is 4.73. The van der Waals surface area contributed by atoms with Crippen LogP contribution in [-0.4, -0.2) is 25.8 Å². The molecule has 1 aromatic carbocycles. The van der Waals surface area contributed by atoms with Crippen molar-refractivity contribution in [2.24, 2.45) is 0 Å². The van der Waals surface area contributed by atoms with Crippen LogP contribution in [0.4, 0.5) is 5.69 Å². The Morgan fingerprint density at radius 2 is 2.25 bits per heavy atom. The number of hydrogen-bond donors (Lipinski definition) is 3. The van der Waals surface area contributed by atoms with Crippen molar-refractivity contribution in [2.75, 3.05) is 5.32 Å². The summed E-state index contributed by atoms with van der Waals surface area (Å²) >= 11 is 5.11. The molecule has 0 aliphatic heterocycles. The van der Waals surface area contributed by atoms with Crippen LogP contribution in [0.5, 0.6) is 5.75 Å². The van der Waals surface area contributed by atoms with Crippen LogP contribution >= 0.6 is 12.2 Å². The molecule has 106 valence electrons. The Bertz CT molecular complexity index is 662. The first-order valence-corrected chi connectivity index (χ1v) is 6.74. The van der Waals surface area contributed by atoms with E-state index in [9.17, 15) is 9.90 Å². The lowest BCUT2D eigenvalue weighted by molar-refractivity contribution is -0.116. The number of phenols is 1. The summed E-state index contributed by atoms with van der Waals surface area (Å²) in [6.45, 7) is 2.10. The molecule has 0 aliphatic rings. The van der Waals surface area contributed by atoms with Crippen molar-refractivity contribution in [3.8, 4) is 5.75 Å². The number of carbonyl (C=O) groups excluding carboxylic acids is 1. The maximum Gasteiger partial charge on any atom is 0.244 e. The molecule has 0 saturated heterocycles. The van der Waals surface area contributed by atoms with Crippen LogP contribution < -0.4 is 5.32 Å². The molecule has 0 atom stereocenters. The second-order valence-electron chi connectivity index (χ2n) is 4.35. The summed E-state index contributed by atoms with van der Waals surface area (Å²) in [6, 6.07) is 6.58. The summed E-state index contributed by atoms with van der Waals surface area (Å²) in [7, 11) is 0. The zero-order valence-electron chi connectivity index (χ0n) is 11.1. The SMILES string of the molecule is CCCc1n[nH]c(=S)n1CC(=O)Nc1ccccc1O. The van der Waals surface area contributed by atoms with Gasteiger partial charge in [0, 0.05) is 6.42 Å². The van der Waals surface area contributed by atoms with Gasteiger partial charge in [0.15, 0.2) is 4.77 Å². The molecule has 7 heteroatoms. The number of aromatic hydroxyl groups is 1. The van der Waals surface area contributed by atoms with E-state index in [1.54, 1.807) is 22.8 Å². The molecule has 1 heterocycles. The zero-order valence-corrected chi connectivity index (χ0v) is 11.9. The minimum absolute atomic E-state index is 0.0328. The lowest BCUT2D eigenvalue weighted by atomic mass is 10.3. The zero-order chi connectivity index (χ0) is 14.5. The molecule has 1 amide bonds. The number of rotatable bonds is 5. The monoisotopic (exact) mass is 292 g/mol. The Balaban J connectivity index is 2.11. The van der Waals surface area contributed by atoms with Crippen molar-refractivity contribution in [1.29, 1.82) is 0 Å². The lowest BCUT2D eigenvalue weighted by Gasteiger charge is -2.08. The third kappa shape index (κ3) is 3.24. The number of H-pyrrole nitrogens is 1. The van der Waals surface area contributed by atoms with E-state index in [1.807, 2.05) is 6.92 Å². The van der Waals surface area contributed by atoms with Crippen LogP contribution in [0.25, 0.3) is 0 Å². The Morgan fingerprint density at radius 1 is 1.50 bits per heavy atom. The minimum atomic E-state index is -0.263. The van der Waals surface area contributed by atoms with Gasteiger partial charge in [0.05, 0.1) is 5.69 Å². The maximum atomic E-state index is 12.0. The fourth-order valence-electron chi connectivity index (χ4n) is 1.84. The van der Waals surface area contributed by atoms with E-state index in [4.69, 9.17) is 12.2 Å². The number of aromatic amines is 1. The van der Waals surface area contributed by atoms with Gasteiger partial charge < -0.3 is 10.4 Å². The number of carbonyl (C=O) groups is 1. The largest absolute Gasteiger partial charge is 0.506 e. The van der Waals surface area contributed by atoms with Gasteiger partial charge in [0.1, 0.15) is 18.1 Å². The average Bonchev–Trinajstić information content (AvgIpc) is 2.75. The standard InChI is InChI=1S/C13H16N4O2S/c1-2-5-11-15-16-13(20)17(11)8-12(19)14-9-6-3-4-7-10(9)18/h3-4,6-7,18H,2,5,8H2,1H3,(H,14,19)(H,16,20). The predicted octanol–water partition coefficient (Wildman–Crippen LogP) is 2.24. The van der Waals surface area contributed by atoms with E-state index in [0.717, 1.165) is 18.7 Å². The van der Waals surface area contributed by atoms with Crippen molar-refractivity contribution >= 4 is 23.8 Å². The number of aryl methyl sites for hydroxylation is 1. The summed E-state index contributed by atoms with van der Waals surface area (Å²) in [5, 5.41) is 19.1. The Kier molecular flexibility index (Phi) is 4.52. The lowest BCUT2D eigenvalue weighted by Crippen LogP contribution is -2.20. The number of phenolic OH excluding ortho intramolecular Hbond substituents is 1. The highest BCUT2D eigenvalue weighted by molar-refractivity contribution is 7.71. The van der Waals surface area contributed by atoms with E-state index in [0.29, 0.717) is 10.5 Å². The van der Waals surface area contributed by atoms with Crippen LogP contribution in [0.2, 0.25) is 0 Å². The molecule has 0 spiro atoms. The number of aromatic nitrogens is 3. The average molecular weight is 292 g/mol. The van der Waals surface area contributed by atoms with E-state index in [-0.39, 0.29) is 18.2 Å². The molecule has 0 radical (unpaired) electrons. The van der Waals surface area contributed by atoms with Gasteiger partial charge in [-0.1, -0.05) is 19.1 Å². The number of para-hydroxylation sites is 2. The third-order valence-corrected chi connectivity index (χ3v) is 3.10. The van der Waals surface area contributed by atoms with Crippen molar-refractivity contribution in [3.05, 3.63) is 34.9 Å². The molecule has 0 saturated carbocycles. The Hall–Kier alpha value is -2.15. The summed E-state index contributed by atoms with van der Waals surface area (Å²) in [4.78, 5) is 12.0. The van der Waals surface area contributed by atoms with Crippen LogP contribution in [-0.2, 0) is 17.8 Å². The van der Waals surface area contributed by atoms with Crippen molar-refractivity contribution in [1.82, 2.24) is 14.8 Å². The molecular formula is C13H16N4O2S. The van der Waals surface area contributed by atoms with Crippen molar-refractivity contribution in [2.45, 2.75) is 26.3 Å². The number of benzene rings is 1. The molecular weight excluding hydrogens is 276 g/mol. The summed E-state index contributed by atoms with van der Waals surface area (Å²) in [6.07, 6.45) is 1.66. The van der Waals surface area contributed by atoms with E-state index < -0.39 is 0 Å². The van der Waals surface area contributed by atoms with Gasteiger partial charge in [0.25, 0.3) is 0 Å². The van der Waals surface area contributed by atoms with Gasteiger partial charge in [-0.05, 0) is 30.8 Å². The molecule has 1 aromatic heterocycles. The molecule has 0 unspecified atom stereocenters. The molecule has 0 aliphatic carbocycles. The van der Waals surface area contributed by atoms with Gasteiger partial charge in [-0.3, -0.25) is 14.5 Å². The molecule has 20 heavy (non-hydrogen) atoms. The number of nitrogens with one attached hydrogen (secondary N) is 2. The van der Waals surface area contributed by atoms with E-state index >= 15 is 0 Å². The number of hydrogen-bond acceptors (Lipinski definition) is 4. The van der Waals surface area contributed by atoms with E-state index in [1.165, 1.54) is 6.07 Å². The molecule has 2 rings (SSSR count). The molecule has 6 nitrogen and oxygen atoms in total. The van der Waals surface area contributed by atoms with Gasteiger partial charge in [-0.15, -0.1) is 0 Å². The summed E-state index contributed by atoms with van der Waals surface area (Å²) in [5.74, 6) is 0.525. The smallest absolute Gasteiger partial charge is 0.244 e. The Labute approximate surface area is 121 Å². The van der Waals surface area contributed by atoms with Gasteiger partial charge >= 0.3 is 0 Å². The number of nitrogens with zero attached hydrogens (tertiary/aromatic N) is 2. The first-order valence-electron chi connectivity index (χ1n) is 6.33.